The van der Waals surface area contributed by atoms with E-state index in [1.165, 1.54) is 0 Å². The lowest BCUT2D eigenvalue weighted by atomic mass is 9.91. The number of carbonyl (C=O) groups excluding carboxylic acids is 1. The molecule has 1 atom stereocenters. The predicted molar refractivity (Wildman–Crippen MR) is 86.4 cm³/mol. The van der Waals surface area contributed by atoms with Crippen molar-refractivity contribution in [3.8, 4) is 0 Å². The molecule has 24 heavy (non-hydrogen) atoms. The van der Waals surface area contributed by atoms with Gasteiger partial charge in [-0.1, -0.05) is 11.2 Å². The number of aryl methyl sites for hydroxylation is 2. The van der Waals surface area contributed by atoms with Gasteiger partial charge in [-0.2, -0.15) is 4.98 Å². The second-order valence-electron chi connectivity index (χ2n) is 5.93. The standard InChI is InChI=1S/C16H21N5O3/c1-10-3-4-13(17-9-10)19-16(22)20-14(12-5-7-23-8-6-12)15-18-11(2)21-24-15/h3-4,9,12,14H,5-8H2,1-2H3,(H2,17,19,20,22)/t14-/m0/s1. The fourth-order valence-electron chi connectivity index (χ4n) is 2.71. The largest absolute Gasteiger partial charge is 0.381 e. The molecule has 1 saturated heterocycles. The van der Waals surface area contributed by atoms with Crippen molar-refractivity contribution in [3.63, 3.8) is 0 Å². The van der Waals surface area contributed by atoms with Crippen LogP contribution in [0.4, 0.5) is 10.6 Å². The van der Waals surface area contributed by atoms with E-state index >= 15 is 0 Å². The second-order valence-corrected chi connectivity index (χ2v) is 5.93. The van der Waals surface area contributed by atoms with E-state index in [9.17, 15) is 4.79 Å². The van der Waals surface area contributed by atoms with Crippen LogP contribution >= 0.6 is 0 Å². The van der Waals surface area contributed by atoms with Gasteiger partial charge in [0, 0.05) is 19.4 Å². The smallest absolute Gasteiger partial charge is 0.321 e. The molecular weight excluding hydrogens is 310 g/mol. The van der Waals surface area contributed by atoms with Gasteiger partial charge in [-0.15, -0.1) is 0 Å². The second kappa shape index (κ2) is 7.39. The summed E-state index contributed by atoms with van der Waals surface area (Å²) in [5.41, 5.74) is 1.03. The Morgan fingerprint density at radius 1 is 1.29 bits per heavy atom. The van der Waals surface area contributed by atoms with Crippen LogP contribution in [0.1, 0.15) is 36.2 Å². The first-order valence-electron chi connectivity index (χ1n) is 8.00. The Bertz CT molecular complexity index is 679. The van der Waals surface area contributed by atoms with Crippen molar-refractivity contribution in [3.05, 3.63) is 35.6 Å². The third kappa shape index (κ3) is 4.08. The Balaban J connectivity index is 1.70. The number of hydrogen-bond acceptors (Lipinski definition) is 6. The van der Waals surface area contributed by atoms with Crippen LogP contribution in [0.2, 0.25) is 0 Å². The molecule has 2 aromatic heterocycles. The van der Waals surface area contributed by atoms with Gasteiger partial charge in [0.05, 0.1) is 0 Å². The molecule has 2 amide bonds. The molecule has 0 bridgehead atoms. The number of rotatable bonds is 4. The van der Waals surface area contributed by atoms with Crippen LogP contribution in [-0.4, -0.2) is 34.4 Å². The topological polar surface area (TPSA) is 102 Å². The number of pyridine rings is 1. The molecule has 0 radical (unpaired) electrons. The van der Waals surface area contributed by atoms with Gasteiger partial charge in [0.2, 0.25) is 5.89 Å². The molecule has 1 aliphatic rings. The van der Waals surface area contributed by atoms with E-state index < -0.39 is 0 Å². The van der Waals surface area contributed by atoms with Crippen molar-refractivity contribution in [1.82, 2.24) is 20.4 Å². The normalized spacial score (nSPS) is 16.6. The highest BCUT2D eigenvalue weighted by Crippen LogP contribution is 2.29. The molecule has 0 spiro atoms. The first kappa shape index (κ1) is 16.4. The number of ether oxygens (including phenoxy) is 1. The van der Waals surface area contributed by atoms with E-state index in [2.05, 4.69) is 25.8 Å². The minimum Gasteiger partial charge on any atom is -0.381 e. The van der Waals surface area contributed by atoms with Crippen molar-refractivity contribution in [2.45, 2.75) is 32.7 Å². The zero-order valence-corrected chi connectivity index (χ0v) is 13.8. The maximum absolute atomic E-state index is 12.3. The summed E-state index contributed by atoms with van der Waals surface area (Å²) < 4.78 is 10.7. The maximum Gasteiger partial charge on any atom is 0.321 e. The lowest BCUT2D eigenvalue weighted by molar-refractivity contribution is 0.0506. The first-order chi connectivity index (χ1) is 11.6. The molecule has 0 unspecified atom stereocenters. The number of urea groups is 1. The highest BCUT2D eigenvalue weighted by Gasteiger charge is 2.31. The average Bonchev–Trinajstić information content (AvgIpc) is 3.02. The number of carbonyl (C=O) groups is 1. The van der Waals surface area contributed by atoms with E-state index in [4.69, 9.17) is 9.26 Å². The third-order valence-corrected chi connectivity index (χ3v) is 3.99. The van der Waals surface area contributed by atoms with Crippen molar-refractivity contribution < 1.29 is 14.1 Å². The number of aromatic nitrogens is 3. The van der Waals surface area contributed by atoms with Gasteiger partial charge < -0.3 is 14.6 Å². The van der Waals surface area contributed by atoms with Crippen LogP contribution in [0.25, 0.3) is 0 Å². The van der Waals surface area contributed by atoms with Crippen molar-refractivity contribution >= 4 is 11.8 Å². The van der Waals surface area contributed by atoms with E-state index in [0.29, 0.717) is 30.7 Å². The molecule has 3 heterocycles. The summed E-state index contributed by atoms with van der Waals surface area (Å²) in [7, 11) is 0. The quantitative estimate of drug-likeness (QED) is 0.892. The van der Waals surface area contributed by atoms with Crippen LogP contribution in [-0.2, 0) is 4.74 Å². The van der Waals surface area contributed by atoms with E-state index in [1.54, 1.807) is 19.2 Å². The molecule has 2 N–H and O–H groups in total. The Hall–Kier alpha value is -2.48. The zero-order chi connectivity index (χ0) is 16.9. The van der Waals surface area contributed by atoms with Gasteiger partial charge in [-0.25, -0.2) is 9.78 Å². The summed E-state index contributed by atoms with van der Waals surface area (Å²) >= 11 is 0. The average molecular weight is 331 g/mol. The van der Waals surface area contributed by atoms with Crippen LogP contribution in [0.5, 0.6) is 0 Å². The van der Waals surface area contributed by atoms with Gasteiger partial charge in [-0.05, 0) is 44.2 Å². The predicted octanol–water partition coefficient (Wildman–Crippen LogP) is 2.37. The van der Waals surface area contributed by atoms with E-state index in [1.807, 2.05) is 13.0 Å². The summed E-state index contributed by atoms with van der Waals surface area (Å²) in [5, 5.41) is 9.50. The van der Waals surface area contributed by atoms with Gasteiger partial charge in [0.1, 0.15) is 11.9 Å². The highest BCUT2D eigenvalue weighted by atomic mass is 16.5. The summed E-state index contributed by atoms with van der Waals surface area (Å²) in [6.45, 7) is 5.02. The van der Waals surface area contributed by atoms with Gasteiger partial charge >= 0.3 is 6.03 Å². The van der Waals surface area contributed by atoms with Crippen LogP contribution in [0.15, 0.2) is 22.9 Å². The molecule has 0 aliphatic carbocycles. The van der Waals surface area contributed by atoms with Crippen molar-refractivity contribution in [2.75, 3.05) is 18.5 Å². The Kier molecular flexibility index (Phi) is 5.05. The number of nitrogens with zero attached hydrogens (tertiary/aromatic N) is 3. The molecule has 0 aromatic carbocycles. The fourth-order valence-corrected chi connectivity index (χ4v) is 2.71. The number of nitrogens with one attached hydrogen (secondary N) is 2. The molecule has 0 saturated carbocycles. The fraction of sp³-hybridized carbons (Fsp3) is 0.500. The zero-order valence-electron chi connectivity index (χ0n) is 13.8. The van der Waals surface area contributed by atoms with E-state index in [0.717, 1.165) is 18.4 Å². The molecule has 128 valence electrons. The number of hydrogen-bond donors (Lipinski definition) is 2. The van der Waals surface area contributed by atoms with Crippen molar-refractivity contribution in [1.29, 1.82) is 0 Å². The maximum atomic E-state index is 12.3. The van der Waals surface area contributed by atoms with Gasteiger partial charge in [0.25, 0.3) is 0 Å². The van der Waals surface area contributed by atoms with Gasteiger partial charge in [-0.3, -0.25) is 5.32 Å². The lowest BCUT2D eigenvalue weighted by Crippen LogP contribution is -2.38. The summed E-state index contributed by atoms with van der Waals surface area (Å²) in [4.78, 5) is 20.8. The van der Waals surface area contributed by atoms with E-state index in [-0.39, 0.29) is 18.0 Å². The molecule has 8 heteroatoms. The van der Waals surface area contributed by atoms with Crippen LogP contribution < -0.4 is 10.6 Å². The first-order valence-corrected chi connectivity index (χ1v) is 8.00. The lowest BCUT2D eigenvalue weighted by Gasteiger charge is -2.28. The minimum atomic E-state index is -0.348. The molecule has 3 rings (SSSR count). The van der Waals surface area contributed by atoms with Crippen LogP contribution in [0.3, 0.4) is 0 Å². The minimum absolute atomic E-state index is 0.190. The molecule has 1 aliphatic heterocycles. The summed E-state index contributed by atoms with van der Waals surface area (Å²) in [6, 6.07) is 2.95. The number of anilines is 1. The summed E-state index contributed by atoms with van der Waals surface area (Å²) in [6.07, 6.45) is 3.36. The number of amides is 2. The Labute approximate surface area is 140 Å². The Morgan fingerprint density at radius 2 is 2.08 bits per heavy atom. The Morgan fingerprint density at radius 3 is 2.71 bits per heavy atom. The van der Waals surface area contributed by atoms with Gasteiger partial charge in [0.15, 0.2) is 5.82 Å². The molecule has 1 fully saturated rings. The molecule has 2 aromatic rings. The molecular formula is C16H21N5O3. The highest BCUT2D eigenvalue weighted by molar-refractivity contribution is 5.88. The SMILES string of the molecule is Cc1ccc(NC(=O)N[C@H](c2nc(C)no2)C2CCOCC2)nc1. The summed E-state index contributed by atoms with van der Waals surface area (Å²) in [5.74, 6) is 1.65. The third-order valence-electron chi connectivity index (χ3n) is 3.99. The molecule has 8 nitrogen and oxygen atoms in total. The monoisotopic (exact) mass is 331 g/mol. The van der Waals surface area contributed by atoms with Crippen LogP contribution in [0, 0.1) is 19.8 Å². The van der Waals surface area contributed by atoms with Crippen molar-refractivity contribution in [2.24, 2.45) is 5.92 Å².